The number of aryl methyl sites for hydroxylation is 1. The third-order valence-corrected chi connectivity index (χ3v) is 6.49. The second kappa shape index (κ2) is 8.07. The first-order chi connectivity index (χ1) is 15.5. The quantitative estimate of drug-likeness (QED) is 0.488. The lowest BCUT2D eigenvalue weighted by atomic mass is 9.90. The summed E-state index contributed by atoms with van der Waals surface area (Å²) in [4.78, 5) is 34.7. The highest BCUT2D eigenvalue weighted by molar-refractivity contribution is 9.10. The molecule has 32 heavy (non-hydrogen) atoms. The molecule has 5 rings (SSSR count). The molecule has 0 unspecified atom stereocenters. The van der Waals surface area contributed by atoms with Gasteiger partial charge in [0.2, 0.25) is 5.91 Å². The summed E-state index contributed by atoms with van der Waals surface area (Å²) in [7, 11) is 1.59. The van der Waals surface area contributed by atoms with Crippen molar-refractivity contribution in [1.82, 2.24) is 0 Å². The lowest BCUT2D eigenvalue weighted by molar-refractivity contribution is -0.126. The van der Waals surface area contributed by atoms with Crippen LogP contribution < -0.4 is 14.7 Å². The largest absolute Gasteiger partial charge is 0.496 e. The third kappa shape index (κ3) is 3.20. The summed E-state index contributed by atoms with van der Waals surface area (Å²) in [5.74, 6) is -0.727. The summed E-state index contributed by atoms with van der Waals surface area (Å²) in [5, 5.41) is 1.67. The van der Waals surface area contributed by atoms with E-state index in [9.17, 15) is 9.59 Å². The molecular formula is C25H21BrN2O4. The number of hydroxylamine groups is 1. The molecule has 6 nitrogen and oxygen atoms in total. The summed E-state index contributed by atoms with van der Waals surface area (Å²) in [6.45, 7) is 1.88. The number of hydrogen-bond acceptors (Lipinski definition) is 5. The molecule has 0 aliphatic carbocycles. The number of hydrogen-bond donors (Lipinski definition) is 0. The van der Waals surface area contributed by atoms with Crippen molar-refractivity contribution in [2.75, 3.05) is 17.1 Å². The predicted octanol–water partition coefficient (Wildman–Crippen LogP) is 4.82. The van der Waals surface area contributed by atoms with E-state index in [0.29, 0.717) is 11.4 Å². The molecule has 0 aromatic heterocycles. The Balaban J connectivity index is 1.65. The van der Waals surface area contributed by atoms with E-state index in [1.165, 1.54) is 4.90 Å². The molecule has 2 fully saturated rings. The van der Waals surface area contributed by atoms with Crippen molar-refractivity contribution in [3.05, 3.63) is 88.4 Å². The average Bonchev–Trinajstić information content (AvgIpc) is 3.31. The van der Waals surface area contributed by atoms with Gasteiger partial charge >= 0.3 is 0 Å². The predicted molar refractivity (Wildman–Crippen MR) is 124 cm³/mol. The van der Waals surface area contributed by atoms with Gasteiger partial charge in [-0.1, -0.05) is 52.3 Å². The number of anilines is 2. The second-order valence-electron chi connectivity index (χ2n) is 7.84. The van der Waals surface area contributed by atoms with Gasteiger partial charge in [0.25, 0.3) is 5.91 Å². The first-order valence-corrected chi connectivity index (χ1v) is 11.1. The van der Waals surface area contributed by atoms with Crippen molar-refractivity contribution >= 4 is 39.1 Å². The minimum atomic E-state index is -0.920. The third-order valence-electron chi connectivity index (χ3n) is 5.99. The summed E-state index contributed by atoms with van der Waals surface area (Å²) in [5.41, 5.74) is 2.97. The van der Waals surface area contributed by atoms with Crippen LogP contribution in [0, 0.1) is 12.8 Å². The molecule has 2 heterocycles. The van der Waals surface area contributed by atoms with Crippen LogP contribution in [0.1, 0.15) is 17.2 Å². The van der Waals surface area contributed by atoms with E-state index in [0.717, 1.165) is 21.3 Å². The lowest BCUT2D eigenvalue weighted by Crippen LogP contribution is -2.37. The van der Waals surface area contributed by atoms with E-state index in [1.54, 1.807) is 18.2 Å². The monoisotopic (exact) mass is 492 g/mol. The van der Waals surface area contributed by atoms with E-state index < -0.39 is 18.1 Å². The van der Waals surface area contributed by atoms with Gasteiger partial charge in [0.15, 0.2) is 6.10 Å². The number of nitrogens with zero attached hydrogens (tertiary/aromatic N) is 2. The summed E-state index contributed by atoms with van der Waals surface area (Å²) < 4.78 is 6.47. The van der Waals surface area contributed by atoms with Gasteiger partial charge in [-0.3, -0.25) is 14.4 Å². The van der Waals surface area contributed by atoms with Crippen molar-refractivity contribution in [1.29, 1.82) is 0 Å². The fraction of sp³-hybridized carbons (Fsp3) is 0.200. The molecule has 3 aromatic rings. The van der Waals surface area contributed by atoms with Gasteiger partial charge in [-0.15, -0.1) is 0 Å². The zero-order chi connectivity index (χ0) is 22.4. The SMILES string of the molecule is COc1ccc(Br)cc1[C@H]1[C@@H]2C(=O)N(c3ccccc3C)C(=O)[C@H]2ON1c1ccccc1. The van der Waals surface area contributed by atoms with Crippen LogP contribution in [0.2, 0.25) is 0 Å². The number of ether oxygens (including phenoxy) is 1. The topological polar surface area (TPSA) is 59.1 Å². The number of carbonyl (C=O) groups is 2. The van der Waals surface area contributed by atoms with E-state index in [-0.39, 0.29) is 11.8 Å². The number of benzene rings is 3. The van der Waals surface area contributed by atoms with Crippen molar-refractivity contribution in [2.24, 2.45) is 5.92 Å². The summed E-state index contributed by atoms with van der Waals surface area (Å²) in [6.07, 6.45) is -0.920. The van der Waals surface area contributed by atoms with Gasteiger partial charge in [0.05, 0.1) is 24.5 Å². The van der Waals surface area contributed by atoms with Crippen LogP contribution in [-0.2, 0) is 14.4 Å². The maximum absolute atomic E-state index is 13.7. The van der Waals surface area contributed by atoms with Gasteiger partial charge < -0.3 is 4.74 Å². The van der Waals surface area contributed by atoms with Crippen LogP contribution in [0.15, 0.2) is 77.3 Å². The molecule has 3 atom stereocenters. The number of amides is 2. The van der Waals surface area contributed by atoms with Crippen molar-refractivity contribution in [3.8, 4) is 5.75 Å². The number of imide groups is 1. The van der Waals surface area contributed by atoms with E-state index in [2.05, 4.69) is 15.9 Å². The Hall–Kier alpha value is -3.16. The fourth-order valence-electron chi connectivity index (χ4n) is 4.52. The normalized spacial score (nSPS) is 22.4. The zero-order valence-electron chi connectivity index (χ0n) is 17.6. The zero-order valence-corrected chi connectivity index (χ0v) is 19.2. The molecule has 0 saturated carbocycles. The Morgan fingerprint density at radius 3 is 2.38 bits per heavy atom. The molecule has 7 heteroatoms. The smallest absolute Gasteiger partial charge is 0.266 e. The van der Waals surface area contributed by atoms with Crippen LogP contribution in [0.3, 0.4) is 0 Å². The van der Waals surface area contributed by atoms with Crippen LogP contribution in [0.5, 0.6) is 5.75 Å². The van der Waals surface area contributed by atoms with Gasteiger partial charge in [-0.05, 0) is 48.9 Å². The molecule has 2 amide bonds. The summed E-state index contributed by atoms with van der Waals surface area (Å²) in [6, 6.07) is 22.0. The minimum absolute atomic E-state index is 0.278. The molecule has 162 valence electrons. The molecule has 0 N–H and O–H groups in total. The number of halogens is 1. The van der Waals surface area contributed by atoms with E-state index >= 15 is 0 Å². The molecule has 0 bridgehead atoms. The van der Waals surface area contributed by atoms with Crippen LogP contribution in [0.25, 0.3) is 0 Å². The van der Waals surface area contributed by atoms with Gasteiger partial charge in [0.1, 0.15) is 11.7 Å². The maximum atomic E-state index is 13.7. The number of para-hydroxylation sites is 2. The highest BCUT2D eigenvalue weighted by Gasteiger charge is 2.60. The van der Waals surface area contributed by atoms with Crippen molar-refractivity contribution in [2.45, 2.75) is 19.1 Å². The Bertz CT molecular complexity index is 1200. The van der Waals surface area contributed by atoms with E-state index in [1.807, 2.05) is 73.7 Å². The Kier molecular flexibility index (Phi) is 5.23. The molecule has 0 spiro atoms. The average molecular weight is 493 g/mol. The van der Waals surface area contributed by atoms with Crippen LogP contribution >= 0.6 is 15.9 Å². The van der Waals surface area contributed by atoms with Crippen molar-refractivity contribution < 1.29 is 19.2 Å². The Labute approximate surface area is 194 Å². The first kappa shape index (κ1) is 20.7. The highest BCUT2D eigenvalue weighted by Crippen LogP contribution is 2.50. The molecule has 2 saturated heterocycles. The molecular weight excluding hydrogens is 472 g/mol. The highest BCUT2D eigenvalue weighted by atomic mass is 79.9. The maximum Gasteiger partial charge on any atom is 0.266 e. The van der Waals surface area contributed by atoms with Crippen LogP contribution in [0.4, 0.5) is 11.4 Å². The summed E-state index contributed by atoms with van der Waals surface area (Å²) >= 11 is 3.53. The minimum Gasteiger partial charge on any atom is -0.496 e. The number of carbonyl (C=O) groups excluding carboxylic acids is 2. The number of methoxy groups -OCH3 is 1. The molecule has 0 radical (unpaired) electrons. The Morgan fingerprint density at radius 2 is 1.66 bits per heavy atom. The van der Waals surface area contributed by atoms with Gasteiger partial charge in [0, 0.05) is 10.0 Å². The van der Waals surface area contributed by atoms with Crippen LogP contribution in [-0.4, -0.2) is 25.0 Å². The standard InChI is InChI=1S/C25H21BrN2O4/c1-15-8-6-7-11-19(15)27-24(29)21-22(18-14-16(26)12-13-20(18)31-2)28(32-23(21)25(27)30)17-9-4-3-5-10-17/h3-14,21-23H,1-2H3/t21-,22-,23-/m0/s1. The van der Waals surface area contributed by atoms with Crippen molar-refractivity contribution in [3.63, 3.8) is 0 Å². The number of rotatable bonds is 4. The first-order valence-electron chi connectivity index (χ1n) is 10.3. The second-order valence-corrected chi connectivity index (χ2v) is 8.76. The number of fused-ring (bicyclic) bond motifs is 1. The fourth-order valence-corrected chi connectivity index (χ4v) is 4.90. The molecule has 3 aromatic carbocycles. The molecule has 2 aliphatic rings. The lowest BCUT2D eigenvalue weighted by Gasteiger charge is -2.30. The Morgan fingerprint density at radius 1 is 0.938 bits per heavy atom. The van der Waals surface area contributed by atoms with E-state index in [4.69, 9.17) is 9.57 Å². The van der Waals surface area contributed by atoms with Gasteiger partial charge in [-0.2, -0.15) is 0 Å². The molecule has 2 aliphatic heterocycles. The van der Waals surface area contributed by atoms with Gasteiger partial charge in [-0.25, -0.2) is 9.96 Å².